The van der Waals surface area contributed by atoms with Crippen LogP contribution in [0.15, 0.2) is 49.1 Å². The van der Waals surface area contributed by atoms with Crippen LogP contribution in [-0.2, 0) is 20.3 Å². The number of rotatable bonds is 12. The summed E-state index contributed by atoms with van der Waals surface area (Å²) in [6.07, 6.45) is 4.16. The Bertz CT molecular complexity index is 1590. The molecule has 0 fully saturated rings. The van der Waals surface area contributed by atoms with Crippen molar-refractivity contribution in [3.63, 3.8) is 0 Å². The smallest absolute Gasteiger partial charge is 0.170 e. The molecule has 0 saturated carbocycles. The lowest BCUT2D eigenvalue weighted by Gasteiger charge is -2.24. The maximum atomic E-state index is 13.9. The fourth-order valence-electron chi connectivity index (χ4n) is 4.33. The second kappa shape index (κ2) is 12.8. The highest BCUT2D eigenvalue weighted by Crippen LogP contribution is 2.33. The number of methoxy groups -OCH3 is 1. The van der Waals surface area contributed by atoms with E-state index in [-0.39, 0.29) is 18.3 Å². The number of para-hydroxylation sites is 1. The summed E-state index contributed by atoms with van der Waals surface area (Å²) in [6.45, 7) is 6.25. The van der Waals surface area contributed by atoms with Crippen LogP contribution in [0.4, 0.5) is 0 Å². The van der Waals surface area contributed by atoms with E-state index in [1.165, 1.54) is 6.92 Å². The molecule has 3 aromatic heterocycles. The molecule has 41 heavy (non-hydrogen) atoms. The molecule has 0 saturated heterocycles. The predicted octanol–water partition coefficient (Wildman–Crippen LogP) is 2.47. The first-order valence-corrected chi connectivity index (χ1v) is 14.7. The molecule has 0 unspecified atom stereocenters. The molecule has 3 heterocycles. The molecular weight excluding hydrogens is 548 g/mol. The van der Waals surface area contributed by atoms with E-state index >= 15 is 0 Å². The van der Waals surface area contributed by atoms with Crippen LogP contribution in [0.25, 0.3) is 17.1 Å². The number of hydrogen-bond donors (Lipinski definition) is 2. The Kier molecular flexibility index (Phi) is 9.43. The van der Waals surface area contributed by atoms with Gasteiger partial charge in [-0.25, -0.2) is 18.4 Å². The molecule has 1 aromatic carbocycles. The molecular formula is C28H34N6O6S. The summed E-state index contributed by atoms with van der Waals surface area (Å²) >= 11 is 0. The van der Waals surface area contributed by atoms with Crippen LogP contribution in [-0.4, -0.2) is 80.0 Å². The van der Waals surface area contributed by atoms with Crippen molar-refractivity contribution in [1.29, 1.82) is 0 Å². The highest BCUT2D eigenvalue weighted by molar-refractivity contribution is 7.91. The number of nitrogens with zero attached hydrogens (tertiary/aromatic N) is 6. The van der Waals surface area contributed by atoms with Gasteiger partial charge in [0.1, 0.15) is 23.7 Å². The van der Waals surface area contributed by atoms with Gasteiger partial charge in [-0.15, -0.1) is 10.2 Å². The molecule has 0 amide bonds. The molecule has 12 nitrogen and oxygen atoms in total. The Balaban J connectivity index is 1.80. The monoisotopic (exact) mass is 582 g/mol. The van der Waals surface area contributed by atoms with E-state index in [0.29, 0.717) is 22.8 Å². The minimum absolute atomic E-state index is 0.144. The van der Waals surface area contributed by atoms with Gasteiger partial charge in [-0.2, -0.15) is 0 Å². The van der Waals surface area contributed by atoms with Crippen LogP contribution < -0.4 is 4.74 Å². The molecule has 2 N–H and O–H groups in total. The zero-order valence-corrected chi connectivity index (χ0v) is 24.4. The van der Waals surface area contributed by atoms with Crippen LogP contribution in [0.2, 0.25) is 0 Å². The summed E-state index contributed by atoms with van der Waals surface area (Å²) in [5.74, 6) is 0.745. The summed E-state index contributed by atoms with van der Waals surface area (Å²) in [6, 6.07) is 7.41. The summed E-state index contributed by atoms with van der Waals surface area (Å²) < 4.78 is 41.0. The Morgan fingerprint density at radius 1 is 1.02 bits per heavy atom. The Morgan fingerprint density at radius 3 is 2.41 bits per heavy atom. The highest BCUT2D eigenvalue weighted by Gasteiger charge is 2.36. The lowest BCUT2D eigenvalue weighted by Crippen LogP contribution is -2.33. The van der Waals surface area contributed by atoms with Gasteiger partial charge in [0, 0.05) is 30.4 Å². The number of aliphatic hydroxyl groups excluding tert-OH is 2. The molecule has 0 aliphatic carbocycles. The third kappa shape index (κ3) is 6.76. The Morgan fingerprint density at radius 2 is 1.76 bits per heavy atom. The number of aryl methyl sites for hydroxylation is 3. The quantitative estimate of drug-likeness (QED) is 0.252. The number of benzene rings is 1. The summed E-state index contributed by atoms with van der Waals surface area (Å²) in [5, 5.41) is 26.7. The second-order valence-electron chi connectivity index (χ2n) is 9.87. The van der Waals surface area contributed by atoms with Crippen molar-refractivity contribution in [2.24, 2.45) is 0 Å². The second-order valence-corrected chi connectivity index (χ2v) is 12.2. The van der Waals surface area contributed by atoms with Crippen molar-refractivity contribution >= 4 is 9.84 Å². The van der Waals surface area contributed by atoms with Crippen LogP contribution in [0.3, 0.4) is 0 Å². The van der Waals surface area contributed by atoms with Gasteiger partial charge in [-0.3, -0.25) is 9.55 Å². The number of ether oxygens (including phenoxy) is 2. The van der Waals surface area contributed by atoms with E-state index in [4.69, 9.17) is 9.47 Å². The van der Waals surface area contributed by atoms with Gasteiger partial charge >= 0.3 is 0 Å². The van der Waals surface area contributed by atoms with Gasteiger partial charge in [0.05, 0.1) is 31.3 Å². The van der Waals surface area contributed by atoms with Crippen molar-refractivity contribution in [2.75, 3.05) is 20.3 Å². The van der Waals surface area contributed by atoms with Crippen LogP contribution in [0, 0.1) is 20.8 Å². The molecule has 13 heteroatoms. The first-order valence-electron chi connectivity index (χ1n) is 13.0. The molecule has 218 valence electrons. The van der Waals surface area contributed by atoms with Gasteiger partial charge in [0.15, 0.2) is 27.3 Å². The van der Waals surface area contributed by atoms with Crippen molar-refractivity contribution in [3.05, 3.63) is 77.4 Å². The molecule has 0 aliphatic rings. The van der Waals surface area contributed by atoms with Crippen molar-refractivity contribution in [2.45, 2.75) is 50.9 Å². The molecule has 0 aliphatic heterocycles. The molecule has 4 rings (SSSR count). The molecule has 0 spiro atoms. The lowest BCUT2D eigenvalue weighted by atomic mass is 10.1. The van der Waals surface area contributed by atoms with Gasteiger partial charge in [0.2, 0.25) is 0 Å². The molecule has 4 aromatic rings. The zero-order chi connectivity index (χ0) is 29.7. The van der Waals surface area contributed by atoms with Crippen molar-refractivity contribution in [3.8, 4) is 22.8 Å². The SMILES string of the molecule is COc1cccc(C)c1-n1c(CS(=O)(=O)[C@@H](C)[C@H](OC[C@H](O)CO)c2ncc(C)cn2)nnc1-c1cncc(C)c1. The van der Waals surface area contributed by atoms with E-state index in [1.807, 2.05) is 39.0 Å². The van der Waals surface area contributed by atoms with E-state index in [1.54, 1.807) is 42.5 Å². The van der Waals surface area contributed by atoms with E-state index < -0.39 is 39.7 Å². The lowest BCUT2D eigenvalue weighted by molar-refractivity contribution is -0.0324. The number of aromatic nitrogens is 6. The number of pyridine rings is 1. The summed E-state index contributed by atoms with van der Waals surface area (Å²) in [7, 11) is -2.45. The molecule has 0 radical (unpaired) electrons. The Labute approximate surface area is 239 Å². The fourth-order valence-corrected chi connectivity index (χ4v) is 5.72. The maximum absolute atomic E-state index is 13.9. The van der Waals surface area contributed by atoms with Crippen molar-refractivity contribution < 1.29 is 28.1 Å². The normalized spacial score (nSPS) is 14.0. The van der Waals surface area contributed by atoms with Crippen LogP contribution >= 0.6 is 0 Å². The minimum atomic E-state index is -3.99. The fraction of sp³-hybridized carbons (Fsp3) is 0.393. The highest BCUT2D eigenvalue weighted by atomic mass is 32.2. The van der Waals surface area contributed by atoms with Crippen LogP contribution in [0.5, 0.6) is 5.75 Å². The van der Waals surface area contributed by atoms with Crippen LogP contribution in [0.1, 0.15) is 41.4 Å². The first kappa shape index (κ1) is 30.2. The maximum Gasteiger partial charge on any atom is 0.170 e. The molecule has 0 bridgehead atoms. The number of hydrogen-bond acceptors (Lipinski definition) is 11. The van der Waals surface area contributed by atoms with E-state index in [0.717, 1.165) is 16.7 Å². The standard InChI is InChI=1S/C28H34N6O6S/c1-17-9-21(13-29-10-17)28-33-32-24(34(28)25-19(3)7-6-8-23(25)39-5)16-41(37,38)20(4)26(40-15-22(36)14-35)27-30-11-18(2)12-31-27/h6-13,20,22,26,35-36H,14-16H2,1-5H3/t20-,22+,26-/m0/s1. The topological polar surface area (TPSA) is 162 Å². The van der Waals surface area contributed by atoms with Gasteiger partial charge in [0.25, 0.3) is 0 Å². The van der Waals surface area contributed by atoms with Crippen molar-refractivity contribution in [1.82, 2.24) is 29.7 Å². The number of aliphatic hydroxyl groups is 2. The average molecular weight is 583 g/mol. The van der Waals surface area contributed by atoms with Gasteiger partial charge in [-0.1, -0.05) is 12.1 Å². The average Bonchev–Trinajstić information content (AvgIpc) is 3.35. The van der Waals surface area contributed by atoms with E-state index in [9.17, 15) is 18.6 Å². The zero-order valence-electron chi connectivity index (χ0n) is 23.6. The van der Waals surface area contributed by atoms with Gasteiger partial charge in [-0.05, 0) is 56.5 Å². The molecule has 3 atom stereocenters. The minimum Gasteiger partial charge on any atom is -0.495 e. The van der Waals surface area contributed by atoms with Gasteiger partial charge < -0.3 is 19.7 Å². The predicted molar refractivity (Wildman–Crippen MR) is 151 cm³/mol. The summed E-state index contributed by atoms with van der Waals surface area (Å²) in [5.41, 5.74) is 3.78. The third-order valence-electron chi connectivity index (χ3n) is 6.56. The van der Waals surface area contributed by atoms with E-state index in [2.05, 4.69) is 25.1 Å². The largest absolute Gasteiger partial charge is 0.495 e. The Hall–Kier alpha value is -3.78. The third-order valence-corrected chi connectivity index (χ3v) is 8.61. The number of sulfone groups is 1. The summed E-state index contributed by atoms with van der Waals surface area (Å²) in [4.78, 5) is 12.8. The first-order chi connectivity index (χ1) is 19.6.